The lowest BCUT2D eigenvalue weighted by Gasteiger charge is -2.15. The van der Waals surface area contributed by atoms with Crippen LogP contribution in [0.3, 0.4) is 0 Å². The van der Waals surface area contributed by atoms with Gasteiger partial charge in [-0.05, 0) is 30.3 Å². The second-order valence-corrected chi connectivity index (χ2v) is 9.16. The third kappa shape index (κ3) is 6.04. The van der Waals surface area contributed by atoms with Gasteiger partial charge in [0.1, 0.15) is 17.3 Å². The van der Waals surface area contributed by atoms with E-state index >= 15 is 0 Å². The van der Waals surface area contributed by atoms with Gasteiger partial charge < -0.3 is 10.1 Å². The second kappa shape index (κ2) is 9.14. The number of methoxy groups -OCH3 is 1. The molecule has 3 rings (SSSR count). The quantitative estimate of drug-likeness (QED) is 0.530. The first-order valence-corrected chi connectivity index (χ1v) is 11.3. The van der Waals surface area contributed by atoms with E-state index in [0.29, 0.717) is 17.2 Å². The van der Waals surface area contributed by atoms with Crippen LogP contribution < -0.4 is 10.1 Å². The number of nitrogens with zero attached hydrogens (tertiary/aromatic N) is 2. The summed E-state index contributed by atoms with van der Waals surface area (Å²) in [4.78, 5) is 20.1. The average molecular weight is 483 g/mol. The minimum atomic E-state index is -4.90. The molecular formula is C21H17F4N3O4S. The molecule has 0 spiro atoms. The van der Waals surface area contributed by atoms with Crippen molar-refractivity contribution < 1.29 is 35.5 Å². The Hall–Kier alpha value is -3.54. The number of pyridine rings is 2. The Morgan fingerprint density at radius 3 is 2.48 bits per heavy atom. The summed E-state index contributed by atoms with van der Waals surface area (Å²) in [6.07, 6.45) is -1.39. The number of ether oxygens (including phenoxy) is 1. The third-order valence-corrected chi connectivity index (χ3v) is 5.18. The summed E-state index contributed by atoms with van der Waals surface area (Å²) in [5.74, 6) is -2.12. The van der Waals surface area contributed by atoms with Crippen molar-refractivity contribution in [1.82, 2.24) is 9.97 Å². The van der Waals surface area contributed by atoms with Crippen LogP contribution in [-0.4, -0.2) is 37.7 Å². The number of sulfone groups is 1. The molecule has 174 valence electrons. The number of benzene rings is 1. The van der Waals surface area contributed by atoms with Crippen molar-refractivity contribution in [2.75, 3.05) is 18.7 Å². The molecule has 0 bridgehead atoms. The van der Waals surface area contributed by atoms with Crippen molar-refractivity contribution in [3.63, 3.8) is 0 Å². The fourth-order valence-electron chi connectivity index (χ4n) is 3.02. The number of carbonyl (C=O) groups excluding carboxylic acids is 1. The third-order valence-electron chi connectivity index (χ3n) is 4.36. The van der Waals surface area contributed by atoms with E-state index in [9.17, 15) is 30.8 Å². The molecule has 2 heterocycles. The normalized spacial score (nSPS) is 11.8. The van der Waals surface area contributed by atoms with Gasteiger partial charge in [-0.25, -0.2) is 17.8 Å². The Morgan fingerprint density at radius 2 is 1.85 bits per heavy atom. The summed E-state index contributed by atoms with van der Waals surface area (Å²) in [7, 11) is -2.38. The second-order valence-electron chi connectivity index (χ2n) is 7.02. The predicted molar refractivity (Wildman–Crippen MR) is 112 cm³/mol. The molecule has 0 aliphatic carbocycles. The number of amides is 1. The van der Waals surface area contributed by atoms with E-state index in [4.69, 9.17) is 4.74 Å². The highest BCUT2D eigenvalue weighted by Gasteiger charge is 2.34. The molecule has 2 aromatic heterocycles. The number of nitrogens with one attached hydrogen (secondary N) is 1. The first kappa shape index (κ1) is 24.1. The molecule has 0 saturated heterocycles. The summed E-state index contributed by atoms with van der Waals surface area (Å²) in [5.41, 5.74) is -1.39. The van der Waals surface area contributed by atoms with Crippen molar-refractivity contribution in [2.24, 2.45) is 0 Å². The minimum Gasteiger partial charge on any atom is -0.496 e. The summed E-state index contributed by atoms with van der Waals surface area (Å²) in [5, 5.41) is 2.46. The van der Waals surface area contributed by atoms with Gasteiger partial charge in [-0.2, -0.15) is 13.2 Å². The van der Waals surface area contributed by atoms with E-state index in [2.05, 4.69) is 15.3 Å². The van der Waals surface area contributed by atoms with Gasteiger partial charge >= 0.3 is 6.18 Å². The standard InChI is InChI=1S/C21H17F4N3O4S/c1-32-18-9-13(22)3-4-16(18)15-5-6-26-10-17(15)28-20(29)12-7-14(11-33(2,30)31)27-19(8-12)21(23,24)25/h3-10H,11H2,1-2H3,(H,28,29). The summed E-state index contributed by atoms with van der Waals surface area (Å²) in [6.45, 7) is 0. The molecule has 12 heteroatoms. The zero-order valence-electron chi connectivity index (χ0n) is 17.3. The van der Waals surface area contributed by atoms with Crippen molar-refractivity contribution in [1.29, 1.82) is 0 Å². The topological polar surface area (TPSA) is 98.2 Å². The maximum Gasteiger partial charge on any atom is 0.433 e. The number of halogens is 4. The summed E-state index contributed by atoms with van der Waals surface area (Å²) >= 11 is 0. The number of alkyl halides is 3. The Labute approximate surface area is 186 Å². The Balaban J connectivity index is 2.03. The van der Waals surface area contributed by atoms with Crippen molar-refractivity contribution in [2.45, 2.75) is 11.9 Å². The van der Waals surface area contributed by atoms with Crippen molar-refractivity contribution in [3.05, 3.63) is 71.6 Å². The van der Waals surface area contributed by atoms with E-state index in [1.165, 1.54) is 37.7 Å². The molecule has 1 N–H and O–H groups in total. The lowest BCUT2D eigenvalue weighted by atomic mass is 10.0. The SMILES string of the molecule is COc1cc(F)ccc1-c1ccncc1NC(=O)c1cc(CS(C)(=O)=O)nc(C(F)(F)F)c1. The molecule has 0 unspecified atom stereocenters. The number of carbonyl (C=O) groups is 1. The highest BCUT2D eigenvalue weighted by molar-refractivity contribution is 7.89. The average Bonchev–Trinajstić information content (AvgIpc) is 2.72. The maximum absolute atomic E-state index is 13.6. The van der Waals surface area contributed by atoms with Crippen LogP contribution in [-0.2, 0) is 21.8 Å². The van der Waals surface area contributed by atoms with E-state index in [-0.39, 0.29) is 11.4 Å². The Morgan fingerprint density at radius 1 is 1.12 bits per heavy atom. The lowest BCUT2D eigenvalue weighted by Crippen LogP contribution is -2.18. The van der Waals surface area contributed by atoms with Gasteiger partial charge in [0.15, 0.2) is 9.84 Å². The first-order chi connectivity index (χ1) is 15.4. The number of anilines is 1. The largest absolute Gasteiger partial charge is 0.496 e. The lowest BCUT2D eigenvalue weighted by molar-refractivity contribution is -0.141. The van der Waals surface area contributed by atoms with Gasteiger partial charge in [-0.1, -0.05) is 0 Å². The van der Waals surface area contributed by atoms with Gasteiger partial charge in [0.05, 0.1) is 30.4 Å². The molecule has 0 aliphatic heterocycles. The number of aromatic nitrogens is 2. The molecule has 0 atom stereocenters. The fourth-order valence-corrected chi connectivity index (χ4v) is 3.70. The zero-order chi connectivity index (χ0) is 24.4. The van der Waals surface area contributed by atoms with Gasteiger partial charge in [0.25, 0.3) is 5.91 Å². The first-order valence-electron chi connectivity index (χ1n) is 9.22. The highest BCUT2D eigenvalue weighted by atomic mass is 32.2. The van der Waals surface area contributed by atoms with Crippen molar-refractivity contribution in [3.8, 4) is 16.9 Å². The van der Waals surface area contributed by atoms with Crippen LogP contribution in [0.2, 0.25) is 0 Å². The summed E-state index contributed by atoms with van der Waals surface area (Å²) in [6, 6.07) is 6.73. The monoisotopic (exact) mass is 483 g/mol. The van der Waals surface area contributed by atoms with Crippen LogP contribution in [0.5, 0.6) is 5.75 Å². The van der Waals surface area contributed by atoms with E-state index in [1.54, 1.807) is 0 Å². The maximum atomic E-state index is 13.6. The molecule has 0 aliphatic rings. The van der Waals surface area contributed by atoms with E-state index < -0.39 is 50.4 Å². The van der Waals surface area contributed by atoms with Crippen LogP contribution in [0.15, 0.2) is 48.8 Å². The molecule has 1 aromatic carbocycles. The van der Waals surface area contributed by atoms with Crippen LogP contribution in [0, 0.1) is 5.82 Å². The van der Waals surface area contributed by atoms with Gasteiger partial charge in [0, 0.05) is 35.2 Å². The van der Waals surface area contributed by atoms with Gasteiger partial charge in [0.2, 0.25) is 0 Å². The molecule has 0 radical (unpaired) electrons. The van der Waals surface area contributed by atoms with E-state index in [0.717, 1.165) is 18.4 Å². The molecule has 0 saturated carbocycles. The number of hydrogen-bond donors (Lipinski definition) is 1. The number of hydrogen-bond acceptors (Lipinski definition) is 6. The minimum absolute atomic E-state index is 0.113. The van der Waals surface area contributed by atoms with Crippen molar-refractivity contribution >= 4 is 21.4 Å². The predicted octanol–water partition coefficient (Wildman–Crippen LogP) is 4.11. The van der Waals surface area contributed by atoms with Crippen LogP contribution in [0.25, 0.3) is 11.1 Å². The Bertz CT molecular complexity index is 1310. The molecule has 7 nitrogen and oxygen atoms in total. The molecule has 1 amide bonds. The van der Waals surface area contributed by atoms with Gasteiger partial charge in [-0.3, -0.25) is 9.78 Å². The molecule has 0 fully saturated rings. The molecule has 33 heavy (non-hydrogen) atoms. The Kier molecular flexibility index (Phi) is 6.68. The molecule has 3 aromatic rings. The van der Waals surface area contributed by atoms with Crippen LogP contribution in [0.4, 0.5) is 23.2 Å². The summed E-state index contributed by atoms with van der Waals surface area (Å²) < 4.78 is 81.7. The smallest absolute Gasteiger partial charge is 0.433 e. The van der Waals surface area contributed by atoms with Crippen LogP contribution in [0.1, 0.15) is 21.7 Å². The van der Waals surface area contributed by atoms with E-state index in [1.807, 2.05) is 0 Å². The fraction of sp³-hybridized carbons (Fsp3) is 0.190. The number of rotatable bonds is 6. The zero-order valence-corrected chi connectivity index (χ0v) is 18.1. The molecular weight excluding hydrogens is 466 g/mol. The highest BCUT2D eigenvalue weighted by Crippen LogP contribution is 2.35. The van der Waals surface area contributed by atoms with Crippen LogP contribution >= 0.6 is 0 Å². The van der Waals surface area contributed by atoms with Gasteiger partial charge in [-0.15, -0.1) is 0 Å².